The number of benzene rings is 3. The van der Waals surface area contributed by atoms with Gasteiger partial charge in [0.25, 0.3) is 0 Å². The van der Waals surface area contributed by atoms with Crippen LogP contribution in [0.2, 0.25) is 0 Å². The van der Waals surface area contributed by atoms with E-state index in [-0.39, 0.29) is 12.2 Å². The second-order valence-electron chi connectivity index (χ2n) is 8.35. The molecule has 3 aromatic carbocycles. The molecule has 0 bridgehead atoms. The molecule has 8 heteroatoms. The Hall–Kier alpha value is -4.98. The molecular formula is C32H35N3O5. The number of ether oxygens (including phenoxy) is 2. The molecule has 0 saturated heterocycles. The number of nitrogens with one attached hydrogen (secondary N) is 1. The fraction of sp³-hybridized carbons (Fsp3) is 0.188. The zero-order valence-corrected chi connectivity index (χ0v) is 22.8. The van der Waals surface area contributed by atoms with Gasteiger partial charge in [-0.2, -0.15) is 0 Å². The Morgan fingerprint density at radius 2 is 1.40 bits per heavy atom. The lowest BCUT2D eigenvalue weighted by molar-refractivity contribution is -0.106. The van der Waals surface area contributed by atoms with Crippen molar-refractivity contribution in [3.63, 3.8) is 0 Å². The lowest BCUT2D eigenvalue weighted by Crippen LogP contribution is -2.10. The third-order valence-electron chi connectivity index (χ3n) is 5.59. The Bertz CT molecular complexity index is 1350. The van der Waals surface area contributed by atoms with Crippen molar-refractivity contribution in [2.24, 2.45) is 11.5 Å². The topological polar surface area (TPSA) is 146 Å². The maximum atomic E-state index is 12.8. The summed E-state index contributed by atoms with van der Waals surface area (Å²) in [5.74, 6) is 0.695. The van der Waals surface area contributed by atoms with Gasteiger partial charge in [-0.25, -0.2) is 0 Å². The van der Waals surface area contributed by atoms with Crippen LogP contribution in [-0.4, -0.2) is 37.0 Å². The van der Waals surface area contributed by atoms with E-state index >= 15 is 0 Å². The van der Waals surface area contributed by atoms with Crippen molar-refractivity contribution in [3.8, 4) is 11.5 Å². The fourth-order valence-corrected chi connectivity index (χ4v) is 3.70. The van der Waals surface area contributed by atoms with Crippen LogP contribution in [0.15, 0.2) is 91.0 Å². The monoisotopic (exact) mass is 541 g/mol. The van der Waals surface area contributed by atoms with Crippen LogP contribution in [-0.2, 0) is 4.79 Å². The molecule has 8 nitrogen and oxygen atoms in total. The number of amides is 2. The molecule has 0 atom stereocenters. The van der Waals surface area contributed by atoms with Crippen LogP contribution in [0.5, 0.6) is 11.5 Å². The lowest BCUT2D eigenvalue weighted by atomic mass is 9.99. The molecule has 0 aliphatic carbocycles. The maximum Gasteiger partial charge on any atom is 0.248 e. The third kappa shape index (κ3) is 9.72. The van der Waals surface area contributed by atoms with Crippen molar-refractivity contribution in [2.45, 2.75) is 26.7 Å². The van der Waals surface area contributed by atoms with Crippen LogP contribution < -0.4 is 20.9 Å². The number of rotatable bonds is 13. The number of nitrogens with two attached hydrogens (primary N) is 2. The first-order valence-corrected chi connectivity index (χ1v) is 12.8. The second kappa shape index (κ2) is 16.8. The molecule has 0 unspecified atom stereocenters. The molecule has 40 heavy (non-hydrogen) atoms. The van der Waals surface area contributed by atoms with Gasteiger partial charge in [-0.3, -0.25) is 14.4 Å². The van der Waals surface area contributed by atoms with E-state index in [0.29, 0.717) is 54.4 Å². The third-order valence-corrected chi connectivity index (χ3v) is 5.59. The summed E-state index contributed by atoms with van der Waals surface area (Å²) < 4.78 is 11.2. The number of carbonyl (C=O) groups is 3. The van der Waals surface area contributed by atoms with Gasteiger partial charge in [0.15, 0.2) is 17.3 Å². The predicted molar refractivity (Wildman–Crippen MR) is 158 cm³/mol. The molecule has 0 aromatic heterocycles. The maximum absolute atomic E-state index is 12.8. The van der Waals surface area contributed by atoms with Crippen molar-refractivity contribution in [2.75, 3.05) is 13.2 Å². The average Bonchev–Trinajstić information content (AvgIpc) is 2.96. The smallest absolute Gasteiger partial charge is 0.248 e. The molecule has 5 N–H and O–H groups in total. The molecule has 0 aliphatic heterocycles. The van der Waals surface area contributed by atoms with E-state index in [1.807, 2.05) is 56.3 Å². The number of ketones is 1. The van der Waals surface area contributed by atoms with Gasteiger partial charge < -0.3 is 26.4 Å². The number of Topliss-reactive ketones (excluding diaryl/α,β-unsaturated/α-hetero) is 1. The van der Waals surface area contributed by atoms with Gasteiger partial charge in [-0.1, -0.05) is 54.6 Å². The van der Waals surface area contributed by atoms with E-state index in [4.69, 9.17) is 25.4 Å². The highest BCUT2D eigenvalue weighted by Crippen LogP contribution is 2.29. The molecule has 2 amide bonds. The molecule has 0 aliphatic rings. The van der Waals surface area contributed by atoms with Gasteiger partial charge in [0, 0.05) is 17.5 Å². The standard InChI is InChI=1S/C31H32N2O4.CH3NO/c1-3-36-29-19-18-26(21-30(29)37-4-2)28(34)13-9-8-12-25(20-27(32)23-10-6-5-7-11-23)22-14-16-24(17-15-22)31(33)35;2-1-3/h5-8,10-12,14-21,32H,3-4,9,13H2,1-2H3,(H2,33,35);1H,(H2,2,3)/b12-8+,25-20+,32-27?;. The van der Waals surface area contributed by atoms with Crippen LogP contribution in [0, 0.1) is 5.41 Å². The van der Waals surface area contributed by atoms with Crippen molar-refractivity contribution in [1.29, 1.82) is 5.41 Å². The van der Waals surface area contributed by atoms with Gasteiger partial charge >= 0.3 is 0 Å². The average molecular weight is 542 g/mol. The van der Waals surface area contributed by atoms with Crippen molar-refractivity contribution >= 4 is 29.4 Å². The van der Waals surface area contributed by atoms with E-state index in [1.165, 1.54) is 0 Å². The van der Waals surface area contributed by atoms with E-state index in [9.17, 15) is 9.59 Å². The summed E-state index contributed by atoms with van der Waals surface area (Å²) in [6.45, 7) is 4.78. The minimum Gasteiger partial charge on any atom is -0.490 e. The van der Waals surface area contributed by atoms with Gasteiger partial charge in [0.1, 0.15) is 0 Å². The lowest BCUT2D eigenvalue weighted by Gasteiger charge is -2.12. The summed E-state index contributed by atoms with van der Waals surface area (Å²) in [5, 5.41) is 8.52. The number of carbonyl (C=O) groups excluding carboxylic acids is 3. The van der Waals surface area contributed by atoms with Gasteiger partial charge in [-0.05, 0) is 73.4 Å². The molecule has 3 aromatic rings. The highest BCUT2D eigenvalue weighted by molar-refractivity contribution is 6.11. The normalized spacial score (nSPS) is 10.8. The first kappa shape index (κ1) is 31.2. The number of hydrogen-bond acceptors (Lipinski definition) is 6. The minimum atomic E-state index is -0.495. The Morgan fingerprint density at radius 3 is 2.00 bits per heavy atom. The SMILES string of the molecule is CCOc1ccc(C(=O)CC/C=C/C(=C\C(=N)c2ccccc2)c2ccc(C(N)=O)cc2)cc1OCC.NC=O. The molecule has 0 radical (unpaired) electrons. The molecule has 0 saturated carbocycles. The van der Waals surface area contributed by atoms with Gasteiger partial charge in [0.2, 0.25) is 12.3 Å². The van der Waals surface area contributed by atoms with E-state index in [1.54, 1.807) is 48.5 Å². The summed E-state index contributed by atoms with van der Waals surface area (Å²) in [7, 11) is 0. The van der Waals surface area contributed by atoms with E-state index < -0.39 is 5.91 Å². The second-order valence-corrected chi connectivity index (χ2v) is 8.35. The van der Waals surface area contributed by atoms with Crippen LogP contribution in [0.1, 0.15) is 58.5 Å². The van der Waals surface area contributed by atoms with Gasteiger partial charge in [0.05, 0.1) is 18.9 Å². The summed E-state index contributed by atoms with van der Waals surface area (Å²) in [5.41, 5.74) is 13.3. The summed E-state index contributed by atoms with van der Waals surface area (Å²) in [4.78, 5) is 32.9. The molecule has 0 spiro atoms. The Morgan fingerprint density at radius 1 is 0.825 bits per heavy atom. The number of hydrogen-bond donors (Lipinski definition) is 3. The number of allylic oxidation sites excluding steroid dienone is 4. The van der Waals surface area contributed by atoms with Crippen LogP contribution in [0.4, 0.5) is 0 Å². The minimum absolute atomic E-state index is 0.00187. The quantitative estimate of drug-likeness (QED) is 0.115. The van der Waals surface area contributed by atoms with Crippen LogP contribution in [0.3, 0.4) is 0 Å². The van der Waals surface area contributed by atoms with Crippen LogP contribution >= 0.6 is 0 Å². The Labute approximate surface area is 234 Å². The molecular weight excluding hydrogens is 506 g/mol. The Kier molecular flexibility index (Phi) is 13.1. The van der Waals surface area contributed by atoms with Crippen molar-refractivity contribution in [1.82, 2.24) is 0 Å². The first-order valence-electron chi connectivity index (χ1n) is 12.8. The summed E-state index contributed by atoms with van der Waals surface area (Å²) >= 11 is 0. The zero-order valence-electron chi connectivity index (χ0n) is 22.8. The zero-order chi connectivity index (χ0) is 29.3. The molecule has 0 fully saturated rings. The fourth-order valence-electron chi connectivity index (χ4n) is 3.70. The first-order chi connectivity index (χ1) is 19.3. The molecule has 208 valence electrons. The summed E-state index contributed by atoms with van der Waals surface area (Å²) in [6.07, 6.45) is 6.68. The summed E-state index contributed by atoms with van der Waals surface area (Å²) in [6, 6.07) is 21.6. The predicted octanol–water partition coefficient (Wildman–Crippen LogP) is 5.36. The van der Waals surface area contributed by atoms with Crippen molar-refractivity contribution < 1.29 is 23.9 Å². The van der Waals surface area contributed by atoms with Crippen molar-refractivity contribution in [3.05, 3.63) is 113 Å². The van der Waals surface area contributed by atoms with Gasteiger partial charge in [-0.15, -0.1) is 0 Å². The van der Waals surface area contributed by atoms with E-state index in [2.05, 4.69) is 5.73 Å². The molecule has 0 heterocycles. The largest absolute Gasteiger partial charge is 0.490 e. The molecule has 3 rings (SSSR count). The highest BCUT2D eigenvalue weighted by Gasteiger charge is 2.11. The van der Waals surface area contributed by atoms with E-state index in [0.717, 1.165) is 16.7 Å². The Balaban J connectivity index is 0.00000178. The van der Waals surface area contributed by atoms with Crippen LogP contribution in [0.25, 0.3) is 5.57 Å². The highest BCUT2D eigenvalue weighted by atomic mass is 16.5. The number of primary amides is 2.